The van der Waals surface area contributed by atoms with E-state index in [2.05, 4.69) is 196 Å². The maximum atomic E-state index is 12.0. The molecule has 1 atom stereocenters. The summed E-state index contributed by atoms with van der Waals surface area (Å²) in [6.45, 7) is 97.8. The van der Waals surface area contributed by atoms with Gasteiger partial charge in [0.2, 0.25) is 11.8 Å². The van der Waals surface area contributed by atoms with Gasteiger partial charge in [0.15, 0.2) is 28.9 Å². The second-order valence-electron chi connectivity index (χ2n) is 41.3. The number of hydrogen-bond donors (Lipinski definition) is 2. The molecule has 0 heterocycles. The maximum Gasteiger partial charge on any atom is 0.421 e. The van der Waals surface area contributed by atoms with Crippen molar-refractivity contribution in [3.63, 3.8) is 0 Å². The molecule has 3 amide bonds. The standard InChI is InChI=1S/C12H23NO.C11H20O.2C10H18O.C9H14F3NO.2C9H17NO.C9H16O2.C9H16O.C8H14O2/c1-12(2,3)9-8-11(14)7-6-10-13(4)5;1-9(2)8-10(12)6-7-11(3,4)5;1-8(2)6-9(11)7-10(3,4)5;1-5-6-9(11)7-8-10(2,3)4;1-6(9(10,11)12)7(14)13-5-8(2,3)4;1-7(2)8(11)10-6-9(3,4)5;1-6-8(11)10(5)7-9(2,3)4;1-6-8(10)11-7(2)9(3,4)5;1-5-8(10)6-7-9(2,3)4;1-5-7(9)10-6-8(2,3)4/h6-7H,8-10H2,1-5H3;8H,6-7H2,1-5H3;6H,7H2,1-5H3;5-6H,7-8H2,1-4H3;1,5H2,2-4H3,(H,13,14);1,6H2,2-5H3,(H,10,11);6H,1,7H2,2-5H3;6-7H,1H2,2-5H3;5H,1,6-7H2,2-4H3;5H,1,6H2,2-4H3/b7-6+;;;6-5+;;;;;;. The number of rotatable bonds is 26. The fraction of sp³-hybridized carbons (Fsp3) is 0.688. The van der Waals surface area contributed by atoms with E-state index in [0.717, 1.165) is 49.9 Å². The van der Waals surface area contributed by atoms with E-state index in [0.29, 0.717) is 50.8 Å². The molecule has 0 spiro atoms. The lowest BCUT2D eigenvalue weighted by Crippen LogP contribution is -2.36. The molecule has 0 aliphatic carbocycles. The number of esters is 2. The number of carbonyl (C=O) groups excluding carboxylic acids is 10. The van der Waals surface area contributed by atoms with Gasteiger partial charge in [-0.15, -0.1) is 0 Å². The number of likely N-dealkylation sites (N-methyl/N-ethyl adjacent to an activating group) is 2. The minimum atomic E-state index is -4.65. The van der Waals surface area contributed by atoms with Crippen molar-refractivity contribution in [3.05, 3.63) is 123 Å². The second-order valence-corrected chi connectivity index (χ2v) is 41.3. The number of allylic oxidation sites excluding steroid dienone is 8. The minimum absolute atomic E-state index is 0.00132. The van der Waals surface area contributed by atoms with Crippen LogP contribution in [0, 0.1) is 54.1 Å². The zero-order valence-electron chi connectivity index (χ0n) is 80.9. The lowest BCUT2D eigenvalue weighted by atomic mass is 9.89. The normalized spacial score (nSPS) is 11.8. The van der Waals surface area contributed by atoms with Crippen LogP contribution in [0.15, 0.2) is 123 Å². The number of hydrogen-bond acceptors (Lipinski definition) is 13. The number of halogens is 3. The van der Waals surface area contributed by atoms with E-state index in [4.69, 9.17) is 9.47 Å². The van der Waals surface area contributed by atoms with Crippen LogP contribution < -0.4 is 10.6 Å². The summed E-state index contributed by atoms with van der Waals surface area (Å²) >= 11 is 0. The molecule has 670 valence electrons. The average Bonchev–Trinajstić information content (AvgIpc) is 0.879. The third kappa shape index (κ3) is 123. The second kappa shape index (κ2) is 63.0. The van der Waals surface area contributed by atoms with Crippen molar-refractivity contribution < 1.29 is 70.6 Å². The molecular formula is C96H173F3N4O12. The summed E-state index contributed by atoms with van der Waals surface area (Å²) < 4.78 is 45.7. The van der Waals surface area contributed by atoms with Crippen LogP contribution in [0.3, 0.4) is 0 Å². The van der Waals surface area contributed by atoms with Gasteiger partial charge in [0.1, 0.15) is 11.7 Å². The molecule has 19 heteroatoms. The van der Waals surface area contributed by atoms with Crippen molar-refractivity contribution in [2.75, 3.05) is 53.9 Å². The average molecular weight is 1630 g/mol. The summed E-state index contributed by atoms with van der Waals surface area (Å²) in [7, 11) is 5.77. The fourth-order valence-corrected chi connectivity index (χ4v) is 6.90. The van der Waals surface area contributed by atoms with E-state index < -0.39 is 17.7 Å². The van der Waals surface area contributed by atoms with Crippen molar-refractivity contribution in [2.45, 2.75) is 326 Å². The summed E-state index contributed by atoms with van der Waals surface area (Å²) in [6, 6.07) is 0. The van der Waals surface area contributed by atoms with Crippen LogP contribution >= 0.6 is 0 Å². The largest absolute Gasteiger partial charge is 0.462 e. The summed E-state index contributed by atoms with van der Waals surface area (Å²) in [5.74, 6) is -0.823. The van der Waals surface area contributed by atoms with E-state index in [-0.39, 0.29) is 119 Å². The monoisotopic (exact) mass is 1630 g/mol. The molecule has 0 bridgehead atoms. The first-order chi connectivity index (χ1) is 50.9. The van der Waals surface area contributed by atoms with Crippen LogP contribution in [-0.2, 0) is 57.4 Å². The molecule has 0 aromatic heterocycles. The molecule has 0 aliphatic heterocycles. The Morgan fingerprint density at radius 3 is 1.04 bits per heavy atom. The summed E-state index contributed by atoms with van der Waals surface area (Å²) in [4.78, 5) is 113. The lowest BCUT2D eigenvalue weighted by Gasteiger charge is -2.26. The highest BCUT2D eigenvalue weighted by molar-refractivity contribution is 5.94. The summed E-state index contributed by atoms with van der Waals surface area (Å²) in [5, 5.41) is 4.95. The quantitative estimate of drug-likeness (QED) is 0.0609. The first kappa shape index (κ1) is 129. The molecule has 2 N–H and O–H groups in total. The van der Waals surface area contributed by atoms with Gasteiger partial charge in [-0.3, -0.25) is 38.4 Å². The molecule has 0 aromatic carbocycles. The Bertz CT molecular complexity index is 2980. The van der Waals surface area contributed by atoms with Crippen LogP contribution in [0.2, 0.25) is 0 Å². The molecule has 0 radical (unpaired) electrons. The number of alkyl halides is 3. The van der Waals surface area contributed by atoms with Crippen LogP contribution in [0.1, 0.15) is 314 Å². The highest BCUT2D eigenvalue weighted by Crippen LogP contribution is 2.27. The molecule has 0 fully saturated rings. The molecule has 1 unspecified atom stereocenters. The Morgan fingerprint density at radius 2 is 0.774 bits per heavy atom. The third-order valence-corrected chi connectivity index (χ3v) is 13.8. The molecule has 0 rings (SSSR count). The van der Waals surface area contributed by atoms with E-state index in [9.17, 15) is 61.1 Å². The Kier molecular flexibility index (Phi) is 70.5. The Morgan fingerprint density at radius 1 is 0.426 bits per heavy atom. The van der Waals surface area contributed by atoms with Gasteiger partial charge in [0, 0.05) is 83.1 Å². The van der Waals surface area contributed by atoms with Gasteiger partial charge >= 0.3 is 18.1 Å². The minimum Gasteiger partial charge on any atom is -0.462 e. The number of ketones is 5. The van der Waals surface area contributed by atoms with E-state index >= 15 is 0 Å². The predicted molar refractivity (Wildman–Crippen MR) is 483 cm³/mol. The zero-order valence-corrected chi connectivity index (χ0v) is 80.9. The number of ether oxygens (including phenoxy) is 2. The fourth-order valence-electron chi connectivity index (χ4n) is 6.90. The van der Waals surface area contributed by atoms with Gasteiger partial charge in [-0.2, -0.15) is 13.2 Å². The predicted octanol–water partition coefficient (Wildman–Crippen LogP) is 23.9. The van der Waals surface area contributed by atoms with Gasteiger partial charge < -0.3 is 29.9 Å². The highest BCUT2D eigenvalue weighted by Gasteiger charge is 2.37. The van der Waals surface area contributed by atoms with Crippen LogP contribution in [-0.4, -0.2) is 135 Å². The van der Waals surface area contributed by atoms with Crippen molar-refractivity contribution in [1.82, 2.24) is 20.4 Å². The van der Waals surface area contributed by atoms with Gasteiger partial charge in [0.05, 0.1) is 6.61 Å². The highest BCUT2D eigenvalue weighted by atomic mass is 19.4. The molecule has 0 saturated carbocycles. The van der Waals surface area contributed by atoms with Crippen molar-refractivity contribution in [2.24, 2.45) is 54.1 Å². The van der Waals surface area contributed by atoms with Crippen molar-refractivity contribution in [1.29, 1.82) is 0 Å². The molecule has 0 aromatic rings. The van der Waals surface area contributed by atoms with E-state index in [1.165, 1.54) is 24.3 Å². The number of nitrogens with one attached hydrogen (secondary N) is 2. The zero-order chi connectivity index (χ0) is 94.1. The van der Waals surface area contributed by atoms with Crippen LogP contribution in [0.5, 0.6) is 0 Å². The summed E-state index contributed by atoms with van der Waals surface area (Å²) in [5.41, 5.74) is 2.65. The first-order valence-corrected chi connectivity index (χ1v) is 39.9. The Hall–Kier alpha value is -7.15. The van der Waals surface area contributed by atoms with Crippen LogP contribution in [0.25, 0.3) is 0 Å². The molecule has 115 heavy (non-hydrogen) atoms. The van der Waals surface area contributed by atoms with E-state index in [1.54, 1.807) is 49.3 Å². The van der Waals surface area contributed by atoms with Crippen molar-refractivity contribution >= 4 is 58.6 Å². The maximum absolute atomic E-state index is 12.0. The topological polar surface area (TPSA) is 220 Å². The SMILES string of the molecule is C/C=C/C(=O)CCC(C)(C)C.C=C(C(=O)NCC(C)(C)C)C(F)(F)F.C=C(C)C(=O)NCC(C)(C)C.C=CC(=O)CCC(C)(C)C.C=CC(=O)N(C)CC(C)(C)C.C=CC(=O)OC(C)C(C)(C)C.C=CC(=O)OCC(C)(C)C.CC(C)=CC(=O)CC(C)(C)C.CC(C)=CC(=O)CCC(C)(C)C.CN(C)C/C=C/C(=O)CCC(C)(C)C. The Balaban J connectivity index is -0.000000133. The number of amides is 3. The molecule has 16 nitrogen and oxygen atoms in total. The van der Waals surface area contributed by atoms with Gasteiger partial charge in [-0.05, 0) is 179 Å². The Labute approximate surface area is 703 Å². The van der Waals surface area contributed by atoms with Gasteiger partial charge in [0.25, 0.3) is 5.91 Å². The molecule has 0 saturated heterocycles. The number of carbonyl (C=O) groups is 10. The molecule has 0 aliphatic rings. The first-order valence-electron chi connectivity index (χ1n) is 39.9. The van der Waals surface area contributed by atoms with E-state index in [1.807, 2.05) is 129 Å². The summed E-state index contributed by atoms with van der Waals surface area (Å²) in [6.07, 6.45) is 18.0. The third-order valence-electron chi connectivity index (χ3n) is 13.8. The van der Waals surface area contributed by atoms with Crippen LogP contribution in [0.4, 0.5) is 13.2 Å². The molecular weight excluding hydrogens is 1460 g/mol. The van der Waals surface area contributed by atoms with Gasteiger partial charge in [-0.1, -0.05) is 270 Å². The lowest BCUT2D eigenvalue weighted by molar-refractivity contribution is -0.147. The van der Waals surface area contributed by atoms with Gasteiger partial charge in [-0.25, -0.2) is 9.59 Å². The van der Waals surface area contributed by atoms with Crippen molar-refractivity contribution in [3.8, 4) is 0 Å². The number of nitrogens with zero attached hydrogens (tertiary/aromatic N) is 2. The smallest absolute Gasteiger partial charge is 0.421 e.